The van der Waals surface area contributed by atoms with E-state index in [2.05, 4.69) is 4.99 Å². The molecule has 0 aromatic heterocycles. The second kappa shape index (κ2) is 6.61. The van der Waals surface area contributed by atoms with Crippen LogP contribution in [0.25, 0.3) is 11.1 Å². The van der Waals surface area contributed by atoms with Gasteiger partial charge in [0.15, 0.2) is 5.96 Å². The number of fused-ring (bicyclic) bond motifs is 1. The Kier molecular flexibility index (Phi) is 4.35. The highest BCUT2D eigenvalue weighted by atomic mass is 19.1. The molecule has 1 heterocycles. The molecule has 0 bridgehead atoms. The number of guanidine groups is 1. The van der Waals surface area contributed by atoms with Crippen LogP contribution in [0.15, 0.2) is 41.4 Å². The van der Waals surface area contributed by atoms with Crippen LogP contribution >= 0.6 is 0 Å². The Bertz CT molecular complexity index is 912. The Balaban J connectivity index is 2.02. The lowest BCUT2D eigenvalue weighted by atomic mass is 9.90. The Morgan fingerprint density at radius 3 is 2.72 bits per heavy atom. The van der Waals surface area contributed by atoms with Gasteiger partial charge in [-0.3, -0.25) is 0 Å². The van der Waals surface area contributed by atoms with Crippen LogP contribution in [0, 0.1) is 17.1 Å². The molecule has 4 N–H and O–H groups in total. The first-order valence-corrected chi connectivity index (χ1v) is 7.69. The summed E-state index contributed by atoms with van der Waals surface area (Å²) < 4.78 is 14.4. The van der Waals surface area contributed by atoms with Gasteiger partial charge < -0.3 is 16.4 Å². The number of nitrogens with zero attached hydrogens (tertiary/aromatic N) is 3. The van der Waals surface area contributed by atoms with Gasteiger partial charge in [0.2, 0.25) is 0 Å². The standard InChI is InChI=1S/C18H16FN5O/c19-16-8-11(9-20)4-5-14(16)13-3-1-2-12-6-7-24(10-15(12)13)18(25)23-17(21)22/h1-5,8H,6-7,10H2,(H4,21,22,23,25). The molecule has 0 saturated heterocycles. The molecular formula is C18H16FN5O. The number of nitrogens with two attached hydrogens (primary N) is 2. The highest BCUT2D eigenvalue weighted by Crippen LogP contribution is 2.32. The van der Waals surface area contributed by atoms with Crippen molar-refractivity contribution in [1.29, 1.82) is 5.26 Å². The van der Waals surface area contributed by atoms with Gasteiger partial charge in [0, 0.05) is 18.7 Å². The molecule has 0 fully saturated rings. The molecule has 2 amide bonds. The number of urea groups is 1. The van der Waals surface area contributed by atoms with Crippen molar-refractivity contribution in [3.63, 3.8) is 0 Å². The fraction of sp³-hybridized carbons (Fsp3) is 0.167. The molecule has 126 valence electrons. The van der Waals surface area contributed by atoms with E-state index in [9.17, 15) is 9.18 Å². The lowest BCUT2D eigenvalue weighted by molar-refractivity contribution is 0.203. The lowest BCUT2D eigenvalue weighted by Crippen LogP contribution is -2.36. The summed E-state index contributed by atoms with van der Waals surface area (Å²) in [6, 6.07) is 11.4. The zero-order valence-electron chi connectivity index (χ0n) is 13.4. The Morgan fingerprint density at radius 2 is 2.04 bits per heavy atom. The number of benzene rings is 2. The molecule has 1 aliphatic rings. The van der Waals surface area contributed by atoms with Crippen LogP contribution in [0.2, 0.25) is 0 Å². The molecule has 0 aliphatic carbocycles. The minimum Gasteiger partial charge on any atom is -0.370 e. The molecule has 0 saturated carbocycles. The van der Waals surface area contributed by atoms with Crippen LogP contribution < -0.4 is 11.5 Å². The van der Waals surface area contributed by atoms with Gasteiger partial charge in [0.25, 0.3) is 0 Å². The second-order valence-corrected chi connectivity index (χ2v) is 5.74. The SMILES string of the molecule is N#Cc1ccc(-c2cccc3c2CN(C(=O)N=C(N)N)CC3)c(F)c1. The topological polar surface area (TPSA) is 108 Å². The van der Waals surface area contributed by atoms with Crippen molar-refractivity contribution in [2.24, 2.45) is 16.5 Å². The molecule has 3 rings (SSSR count). The van der Waals surface area contributed by atoms with Gasteiger partial charge in [-0.1, -0.05) is 24.3 Å². The summed E-state index contributed by atoms with van der Waals surface area (Å²) in [5, 5.41) is 8.89. The van der Waals surface area contributed by atoms with Crippen molar-refractivity contribution in [3.05, 3.63) is 58.9 Å². The van der Waals surface area contributed by atoms with Gasteiger partial charge >= 0.3 is 6.03 Å². The Labute approximate surface area is 144 Å². The molecule has 2 aromatic rings. The van der Waals surface area contributed by atoms with E-state index < -0.39 is 11.8 Å². The van der Waals surface area contributed by atoms with Crippen LogP contribution in [-0.4, -0.2) is 23.4 Å². The van der Waals surface area contributed by atoms with E-state index in [1.54, 1.807) is 18.2 Å². The molecule has 7 heteroatoms. The monoisotopic (exact) mass is 337 g/mol. The maximum Gasteiger partial charge on any atom is 0.347 e. The molecule has 0 unspecified atom stereocenters. The first-order valence-electron chi connectivity index (χ1n) is 7.69. The highest BCUT2D eigenvalue weighted by Gasteiger charge is 2.24. The smallest absolute Gasteiger partial charge is 0.347 e. The van der Waals surface area contributed by atoms with Gasteiger partial charge in [0.1, 0.15) is 5.82 Å². The fourth-order valence-electron chi connectivity index (χ4n) is 2.98. The van der Waals surface area contributed by atoms with Crippen molar-refractivity contribution in [2.45, 2.75) is 13.0 Å². The van der Waals surface area contributed by atoms with Crippen LogP contribution in [0.5, 0.6) is 0 Å². The molecule has 6 nitrogen and oxygen atoms in total. The summed E-state index contributed by atoms with van der Waals surface area (Å²) in [7, 11) is 0. The summed E-state index contributed by atoms with van der Waals surface area (Å²) in [5.74, 6) is -0.762. The maximum absolute atomic E-state index is 14.4. The normalized spacial score (nSPS) is 12.9. The van der Waals surface area contributed by atoms with E-state index in [1.807, 2.05) is 18.2 Å². The number of rotatable bonds is 1. The van der Waals surface area contributed by atoms with Gasteiger partial charge in [-0.2, -0.15) is 10.3 Å². The van der Waals surface area contributed by atoms with E-state index in [0.29, 0.717) is 30.6 Å². The van der Waals surface area contributed by atoms with Crippen molar-refractivity contribution < 1.29 is 9.18 Å². The van der Waals surface area contributed by atoms with Crippen molar-refractivity contribution in [1.82, 2.24) is 4.90 Å². The largest absolute Gasteiger partial charge is 0.370 e. The van der Waals surface area contributed by atoms with Gasteiger partial charge in [-0.25, -0.2) is 9.18 Å². The van der Waals surface area contributed by atoms with Crippen LogP contribution in [-0.2, 0) is 13.0 Å². The number of amides is 2. The number of hydrogen-bond acceptors (Lipinski definition) is 2. The average molecular weight is 337 g/mol. The molecule has 25 heavy (non-hydrogen) atoms. The maximum atomic E-state index is 14.4. The van der Waals surface area contributed by atoms with Crippen molar-refractivity contribution >= 4 is 12.0 Å². The third-order valence-corrected chi connectivity index (χ3v) is 4.16. The third-order valence-electron chi connectivity index (χ3n) is 4.16. The van der Waals surface area contributed by atoms with Crippen LogP contribution in [0.4, 0.5) is 9.18 Å². The Hall–Kier alpha value is -3.40. The predicted molar refractivity (Wildman–Crippen MR) is 91.9 cm³/mol. The number of hydrogen-bond donors (Lipinski definition) is 2. The summed E-state index contributed by atoms with van der Waals surface area (Å²) in [4.78, 5) is 17.2. The lowest BCUT2D eigenvalue weighted by Gasteiger charge is -2.29. The highest BCUT2D eigenvalue weighted by molar-refractivity contribution is 5.90. The molecular weight excluding hydrogens is 321 g/mol. The summed E-state index contributed by atoms with van der Waals surface area (Å²) in [5.41, 5.74) is 13.8. The van der Waals surface area contributed by atoms with Gasteiger partial charge in [0.05, 0.1) is 11.6 Å². The summed E-state index contributed by atoms with van der Waals surface area (Å²) >= 11 is 0. The number of halogens is 1. The molecule has 1 aliphatic heterocycles. The van der Waals surface area contributed by atoms with Gasteiger partial charge in [-0.05, 0) is 35.2 Å². The quantitative estimate of drug-likeness (QED) is 0.613. The first kappa shape index (κ1) is 16.5. The van der Waals surface area contributed by atoms with E-state index in [4.69, 9.17) is 16.7 Å². The zero-order valence-corrected chi connectivity index (χ0v) is 13.4. The number of carbonyl (C=O) groups excluding carboxylic acids is 1. The van der Waals surface area contributed by atoms with E-state index in [-0.39, 0.29) is 11.5 Å². The molecule has 0 atom stereocenters. The third kappa shape index (κ3) is 3.28. The van der Waals surface area contributed by atoms with Crippen LogP contribution in [0.3, 0.4) is 0 Å². The first-order chi connectivity index (χ1) is 12.0. The van der Waals surface area contributed by atoms with E-state index in [1.165, 1.54) is 11.0 Å². The van der Waals surface area contributed by atoms with E-state index in [0.717, 1.165) is 11.1 Å². The average Bonchev–Trinajstić information content (AvgIpc) is 2.60. The second-order valence-electron chi connectivity index (χ2n) is 5.74. The molecule has 2 aromatic carbocycles. The predicted octanol–water partition coefficient (Wildman–Crippen LogP) is 2.12. The molecule has 0 spiro atoms. The summed E-state index contributed by atoms with van der Waals surface area (Å²) in [6.07, 6.45) is 0.632. The number of aliphatic imine (C=N–C) groups is 1. The fourth-order valence-corrected chi connectivity index (χ4v) is 2.98. The molecule has 0 radical (unpaired) electrons. The minimum atomic E-state index is -0.513. The minimum absolute atomic E-state index is 0.260. The van der Waals surface area contributed by atoms with Gasteiger partial charge in [-0.15, -0.1) is 0 Å². The number of carbonyl (C=O) groups is 1. The Morgan fingerprint density at radius 1 is 1.24 bits per heavy atom. The van der Waals surface area contributed by atoms with Crippen molar-refractivity contribution in [2.75, 3.05) is 6.54 Å². The van der Waals surface area contributed by atoms with Crippen molar-refractivity contribution in [3.8, 4) is 17.2 Å². The summed E-state index contributed by atoms with van der Waals surface area (Å²) in [6.45, 7) is 0.780. The van der Waals surface area contributed by atoms with E-state index >= 15 is 0 Å². The number of nitriles is 1. The van der Waals surface area contributed by atoms with Crippen LogP contribution in [0.1, 0.15) is 16.7 Å². The zero-order chi connectivity index (χ0) is 18.0.